The van der Waals surface area contributed by atoms with Gasteiger partial charge in [0.25, 0.3) is 0 Å². The molecule has 120 valence electrons. The van der Waals surface area contributed by atoms with Gasteiger partial charge in [-0.3, -0.25) is 0 Å². The van der Waals surface area contributed by atoms with E-state index in [1.165, 1.54) is 11.5 Å². The van der Waals surface area contributed by atoms with Crippen molar-refractivity contribution in [2.75, 3.05) is 6.54 Å². The highest BCUT2D eigenvalue weighted by Crippen LogP contribution is 2.16. The highest BCUT2D eigenvalue weighted by molar-refractivity contribution is 7.03. The first kappa shape index (κ1) is 17.8. The zero-order valence-corrected chi connectivity index (χ0v) is 14.3. The van der Waals surface area contributed by atoms with Gasteiger partial charge in [-0.1, -0.05) is 18.3 Å². The van der Waals surface area contributed by atoms with Gasteiger partial charge >= 0.3 is 6.09 Å². The number of nitrogens with zero attached hydrogens (tertiary/aromatic N) is 2. The van der Waals surface area contributed by atoms with Crippen LogP contribution in [0.4, 0.5) is 4.79 Å². The molecule has 7 heteroatoms. The minimum atomic E-state index is -0.489. The molecule has 0 aliphatic carbocycles. The van der Waals surface area contributed by atoms with Gasteiger partial charge in [0.1, 0.15) is 5.60 Å². The van der Waals surface area contributed by atoms with Crippen LogP contribution in [0.3, 0.4) is 0 Å². The topological polar surface area (TPSA) is 76.1 Å². The first-order valence-electron chi connectivity index (χ1n) is 7.28. The number of amides is 1. The number of aromatic nitrogens is 2. The van der Waals surface area contributed by atoms with E-state index < -0.39 is 5.60 Å². The molecule has 0 aromatic carbocycles. The third-order valence-corrected chi connectivity index (χ3v) is 3.85. The van der Waals surface area contributed by atoms with E-state index in [0.717, 1.165) is 18.5 Å². The molecule has 0 spiro atoms. The summed E-state index contributed by atoms with van der Waals surface area (Å²) in [5.41, 5.74) is 0.112. The Morgan fingerprint density at radius 1 is 1.33 bits per heavy atom. The average Bonchev–Trinajstić information content (AvgIpc) is 2.88. The van der Waals surface area contributed by atoms with Crippen molar-refractivity contribution in [3.05, 3.63) is 11.1 Å². The first-order chi connectivity index (χ1) is 9.80. The van der Waals surface area contributed by atoms with Crippen LogP contribution < -0.4 is 10.6 Å². The molecule has 0 radical (unpaired) electrons. The molecule has 0 aliphatic rings. The van der Waals surface area contributed by atoms with E-state index in [1.54, 1.807) is 0 Å². The molecule has 6 nitrogen and oxygen atoms in total. The molecule has 0 atom stereocenters. The lowest BCUT2D eigenvalue weighted by molar-refractivity contribution is 0.0446. The summed E-state index contributed by atoms with van der Waals surface area (Å²) in [4.78, 5) is 12.0. The maximum absolute atomic E-state index is 12.0. The number of hydrogen-bond donors (Lipinski definition) is 2. The van der Waals surface area contributed by atoms with Crippen LogP contribution in [-0.4, -0.2) is 33.4 Å². The number of rotatable bonds is 7. The lowest BCUT2D eigenvalue weighted by atomic mass is 9.93. The lowest BCUT2D eigenvalue weighted by Gasteiger charge is -2.34. The third-order valence-electron chi connectivity index (χ3n) is 3.29. The van der Waals surface area contributed by atoms with E-state index in [9.17, 15) is 4.79 Å². The molecule has 1 heterocycles. The van der Waals surface area contributed by atoms with Crippen LogP contribution in [0.15, 0.2) is 5.38 Å². The van der Waals surface area contributed by atoms with Crippen LogP contribution in [-0.2, 0) is 11.3 Å². The number of nitrogens with one attached hydrogen (secondary N) is 2. The third kappa shape index (κ3) is 6.39. The lowest BCUT2D eigenvalue weighted by Crippen LogP contribution is -2.55. The van der Waals surface area contributed by atoms with E-state index in [2.05, 4.69) is 34.1 Å². The van der Waals surface area contributed by atoms with Gasteiger partial charge in [0.05, 0.1) is 11.2 Å². The van der Waals surface area contributed by atoms with E-state index in [-0.39, 0.29) is 11.6 Å². The molecule has 0 unspecified atom stereocenters. The Balaban J connectivity index is 2.54. The molecule has 21 heavy (non-hydrogen) atoms. The van der Waals surface area contributed by atoms with Crippen LogP contribution in [0.25, 0.3) is 0 Å². The standard InChI is InChI=1S/C14H26N4O2S/c1-6-14(7-2,16-12(19)20-13(3,4)5)10-15-8-11-9-21-18-17-11/h9,15H,6-8,10H2,1-5H3,(H,16,19). The predicted molar refractivity (Wildman–Crippen MR) is 84.3 cm³/mol. The monoisotopic (exact) mass is 314 g/mol. The van der Waals surface area contributed by atoms with E-state index >= 15 is 0 Å². The van der Waals surface area contributed by atoms with Gasteiger partial charge in [0.15, 0.2) is 0 Å². The SMILES string of the molecule is CCC(CC)(CNCc1csnn1)NC(=O)OC(C)(C)C. The summed E-state index contributed by atoms with van der Waals surface area (Å²) in [5.74, 6) is 0. The molecule has 1 amide bonds. The Hall–Kier alpha value is -1.21. The predicted octanol–water partition coefficient (Wildman–Crippen LogP) is 2.71. The summed E-state index contributed by atoms with van der Waals surface area (Å²) in [6.45, 7) is 11.0. The Kier molecular flexibility index (Phi) is 6.54. The highest BCUT2D eigenvalue weighted by Gasteiger charge is 2.30. The fraction of sp³-hybridized carbons (Fsp3) is 0.786. The van der Waals surface area contributed by atoms with E-state index in [1.807, 2.05) is 26.2 Å². The molecule has 0 fully saturated rings. The van der Waals surface area contributed by atoms with Gasteiger partial charge in [-0.05, 0) is 45.1 Å². The van der Waals surface area contributed by atoms with Crippen molar-refractivity contribution < 1.29 is 9.53 Å². The minimum Gasteiger partial charge on any atom is -0.444 e. The molecule has 0 saturated carbocycles. The zero-order chi connectivity index (χ0) is 15.9. The van der Waals surface area contributed by atoms with Crippen molar-refractivity contribution in [3.8, 4) is 0 Å². The first-order valence-corrected chi connectivity index (χ1v) is 8.12. The van der Waals surface area contributed by atoms with Crippen molar-refractivity contribution in [3.63, 3.8) is 0 Å². The van der Waals surface area contributed by atoms with Crippen molar-refractivity contribution >= 4 is 17.6 Å². The van der Waals surface area contributed by atoms with Crippen molar-refractivity contribution in [2.45, 2.75) is 65.1 Å². The molecule has 0 bridgehead atoms. The van der Waals surface area contributed by atoms with Crippen molar-refractivity contribution in [2.24, 2.45) is 0 Å². The maximum Gasteiger partial charge on any atom is 0.408 e. The fourth-order valence-electron chi connectivity index (χ4n) is 1.93. The minimum absolute atomic E-state index is 0.314. The second-order valence-corrected chi connectivity index (χ2v) is 6.72. The summed E-state index contributed by atoms with van der Waals surface area (Å²) in [7, 11) is 0. The normalized spacial score (nSPS) is 12.2. The number of ether oxygens (including phenoxy) is 1. The summed E-state index contributed by atoms with van der Waals surface area (Å²) in [5, 5.41) is 12.2. The van der Waals surface area contributed by atoms with Crippen molar-refractivity contribution in [1.29, 1.82) is 0 Å². The van der Waals surface area contributed by atoms with Gasteiger partial charge in [0, 0.05) is 18.5 Å². The molecular formula is C14H26N4O2S. The van der Waals surface area contributed by atoms with Gasteiger partial charge < -0.3 is 15.4 Å². The number of hydrogen-bond acceptors (Lipinski definition) is 6. The summed E-state index contributed by atoms with van der Waals surface area (Å²) < 4.78 is 9.18. The highest BCUT2D eigenvalue weighted by atomic mass is 32.1. The fourth-order valence-corrected chi connectivity index (χ4v) is 2.38. The van der Waals surface area contributed by atoms with Gasteiger partial charge in [0.2, 0.25) is 0 Å². The maximum atomic E-state index is 12.0. The summed E-state index contributed by atoms with van der Waals surface area (Å²) in [6.07, 6.45) is 1.28. The van der Waals surface area contributed by atoms with E-state index in [0.29, 0.717) is 13.1 Å². The van der Waals surface area contributed by atoms with Crippen LogP contribution in [0.2, 0.25) is 0 Å². The van der Waals surface area contributed by atoms with Crippen molar-refractivity contribution in [1.82, 2.24) is 20.2 Å². The van der Waals surface area contributed by atoms with Crippen LogP contribution >= 0.6 is 11.5 Å². The van der Waals surface area contributed by atoms with E-state index in [4.69, 9.17) is 4.74 Å². The summed E-state index contributed by atoms with van der Waals surface area (Å²) >= 11 is 1.34. The Labute approximate surface area is 130 Å². The molecule has 2 N–H and O–H groups in total. The molecule has 1 aromatic heterocycles. The Morgan fingerprint density at radius 3 is 2.48 bits per heavy atom. The molecule has 1 rings (SSSR count). The molecule has 1 aromatic rings. The van der Waals surface area contributed by atoms with Crippen LogP contribution in [0.1, 0.15) is 53.2 Å². The Morgan fingerprint density at radius 2 is 2.00 bits per heavy atom. The van der Waals surface area contributed by atoms with Gasteiger partial charge in [-0.2, -0.15) is 0 Å². The second kappa shape index (κ2) is 7.70. The summed E-state index contributed by atoms with van der Waals surface area (Å²) in [6, 6.07) is 0. The molecular weight excluding hydrogens is 288 g/mol. The zero-order valence-electron chi connectivity index (χ0n) is 13.5. The molecule has 0 aliphatic heterocycles. The number of carbonyl (C=O) groups excluding carboxylic acids is 1. The average molecular weight is 314 g/mol. The van der Waals surface area contributed by atoms with Gasteiger partial charge in [-0.25, -0.2) is 4.79 Å². The molecule has 0 saturated heterocycles. The smallest absolute Gasteiger partial charge is 0.408 e. The van der Waals surface area contributed by atoms with Gasteiger partial charge in [-0.15, -0.1) is 5.10 Å². The quantitative estimate of drug-likeness (QED) is 0.809. The second-order valence-electron chi connectivity index (χ2n) is 6.11. The number of alkyl carbamates (subject to hydrolysis) is 1. The van der Waals surface area contributed by atoms with Crippen LogP contribution in [0, 0.1) is 0 Å². The largest absolute Gasteiger partial charge is 0.444 e. The Bertz CT molecular complexity index is 425. The number of carbonyl (C=O) groups is 1. The van der Waals surface area contributed by atoms with Crippen LogP contribution in [0.5, 0.6) is 0 Å².